The second kappa shape index (κ2) is 16.2. The highest BCUT2D eigenvalue weighted by molar-refractivity contribution is 5.85. The summed E-state index contributed by atoms with van der Waals surface area (Å²) in [4.78, 5) is 2.49. The number of likely N-dealkylation sites (N-methyl/N-ethyl adjacent to an activating group) is 1. The summed E-state index contributed by atoms with van der Waals surface area (Å²) in [5.74, 6) is 0.785. The Morgan fingerprint density at radius 2 is 1.48 bits per heavy atom. The largest absolute Gasteiger partial charge is 0.372 e. The van der Waals surface area contributed by atoms with E-state index in [4.69, 9.17) is 4.74 Å². The molecule has 1 saturated carbocycles. The van der Waals surface area contributed by atoms with Crippen molar-refractivity contribution in [3.05, 3.63) is 35.4 Å². The zero-order valence-corrected chi connectivity index (χ0v) is 20.2. The van der Waals surface area contributed by atoms with Crippen molar-refractivity contribution in [1.82, 2.24) is 4.90 Å². The minimum Gasteiger partial charge on any atom is -0.372 e. The van der Waals surface area contributed by atoms with E-state index in [2.05, 4.69) is 49.9 Å². The van der Waals surface area contributed by atoms with Crippen LogP contribution in [-0.2, 0) is 4.74 Å². The molecule has 2 rings (SSSR count). The summed E-state index contributed by atoms with van der Waals surface area (Å²) in [5, 5.41) is 0. The molecular formula is C26H46ClNO. The van der Waals surface area contributed by atoms with Crippen molar-refractivity contribution < 1.29 is 4.74 Å². The van der Waals surface area contributed by atoms with E-state index in [-0.39, 0.29) is 18.5 Å². The summed E-state index contributed by atoms with van der Waals surface area (Å²) in [6.45, 7) is 10.9. The Bertz CT molecular complexity index is 494. The maximum Gasteiger partial charge on any atom is 0.0951 e. The second-order valence-corrected chi connectivity index (χ2v) is 8.61. The van der Waals surface area contributed by atoms with E-state index in [9.17, 15) is 0 Å². The van der Waals surface area contributed by atoms with Crippen LogP contribution in [0.25, 0.3) is 0 Å². The molecule has 1 aromatic rings. The first-order valence-corrected chi connectivity index (χ1v) is 12.2. The lowest BCUT2D eigenvalue weighted by Crippen LogP contribution is -2.29. The third-order valence-corrected chi connectivity index (χ3v) is 6.52. The summed E-state index contributed by atoms with van der Waals surface area (Å²) < 4.78 is 6.41. The van der Waals surface area contributed by atoms with Gasteiger partial charge in [-0.15, -0.1) is 12.4 Å². The number of rotatable bonds is 14. The van der Waals surface area contributed by atoms with E-state index in [0.29, 0.717) is 0 Å². The van der Waals surface area contributed by atoms with Crippen molar-refractivity contribution in [2.24, 2.45) is 0 Å². The van der Waals surface area contributed by atoms with Gasteiger partial charge >= 0.3 is 0 Å². The molecule has 0 N–H and O–H groups in total. The average Bonchev–Trinajstić information content (AvgIpc) is 2.76. The van der Waals surface area contributed by atoms with Crippen LogP contribution in [0, 0.1) is 0 Å². The number of benzene rings is 1. The minimum atomic E-state index is 0. The Balaban J connectivity index is 0.00000420. The molecule has 0 spiro atoms. The highest BCUT2D eigenvalue weighted by Gasteiger charge is 2.18. The summed E-state index contributed by atoms with van der Waals surface area (Å²) in [5.41, 5.74) is 2.90. The van der Waals surface area contributed by atoms with Gasteiger partial charge in [-0.1, -0.05) is 96.4 Å². The van der Waals surface area contributed by atoms with E-state index in [1.54, 1.807) is 5.56 Å². The van der Waals surface area contributed by atoms with Crippen molar-refractivity contribution in [2.45, 2.75) is 103 Å². The Labute approximate surface area is 187 Å². The molecule has 0 bridgehead atoms. The summed E-state index contributed by atoms with van der Waals surface area (Å²) in [6.07, 6.45) is 15.1. The van der Waals surface area contributed by atoms with E-state index >= 15 is 0 Å². The molecule has 0 saturated heterocycles. The maximum absolute atomic E-state index is 6.41. The summed E-state index contributed by atoms with van der Waals surface area (Å²) >= 11 is 0. The van der Waals surface area contributed by atoms with Gasteiger partial charge in [-0.25, -0.2) is 0 Å². The van der Waals surface area contributed by atoms with Gasteiger partial charge in [0.15, 0.2) is 0 Å². The van der Waals surface area contributed by atoms with E-state index < -0.39 is 0 Å². The molecular weight excluding hydrogens is 378 g/mol. The van der Waals surface area contributed by atoms with Crippen LogP contribution < -0.4 is 0 Å². The predicted molar refractivity (Wildman–Crippen MR) is 129 cm³/mol. The Morgan fingerprint density at radius 3 is 2.10 bits per heavy atom. The first-order chi connectivity index (χ1) is 13.8. The Hall–Kier alpha value is -0.570. The van der Waals surface area contributed by atoms with Crippen LogP contribution in [0.4, 0.5) is 0 Å². The standard InChI is InChI=1S/C26H45NO.ClH/c1-4-7-8-9-10-14-21-28-26(22-27(5-2)6-3)25-19-17-24(18-20-25)23-15-12-11-13-16-23;/h17-20,23,26H,4-16,21-22H2,1-3H3;1H. The van der Waals surface area contributed by atoms with Crippen LogP contribution in [-0.4, -0.2) is 31.1 Å². The van der Waals surface area contributed by atoms with Crippen LogP contribution in [0.5, 0.6) is 0 Å². The minimum absolute atomic E-state index is 0. The van der Waals surface area contributed by atoms with Crippen LogP contribution in [0.2, 0.25) is 0 Å². The maximum atomic E-state index is 6.41. The molecule has 1 unspecified atom stereocenters. The molecule has 0 amide bonds. The molecule has 0 heterocycles. The number of unbranched alkanes of at least 4 members (excludes halogenated alkanes) is 5. The van der Waals surface area contributed by atoms with Crippen LogP contribution in [0.15, 0.2) is 24.3 Å². The van der Waals surface area contributed by atoms with Gasteiger partial charge in [-0.05, 0) is 49.4 Å². The number of halogens is 1. The zero-order chi connectivity index (χ0) is 20.0. The van der Waals surface area contributed by atoms with Crippen LogP contribution in [0.1, 0.15) is 115 Å². The van der Waals surface area contributed by atoms with Crippen molar-refractivity contribution >= 4 is 12.4 Å². The van der Waals surface area contributed by atoms with Crippen molar-refractivity contribution in [2.75, 3.05) is 26.2 Å². The topological polar surface area (TPSA) is 12.5 Å². The van der Waals surface area contributed by atoms with Gasteiger partial charge in [0.25, 0.3) is 0 Å². The lowest BCUT2D eigenvalue weighted by molar-refractivity contribution is 0.0247. The van der Waals surface area contributed by atoms with Crippen molar-refractivity contribution in [3.8, 4) is 0 Å². The molecule has 1 fully saturated rings. The van der Waals surface area contributed by atoms with E-state index in [1.807, 2.05) is 0 Å². The zero-order valence-electron chi connectivity index (χ0n) is 19.3. The first kappa shape index (κ1) is 26.5. The van der Waals surface area contributed by atoms with Crippen molar-refractivity contribution in [3.63, 3.8) is 0 Å². The third kappa shape index (κ3) is 9.85. The molecule has 0 radical (unpaired) electrons. The van der Waals surface area contributed by atoms with Gasteiger partial charge < -0.3 is 9.64 Å². The fourth-order valence-corrected chi connectivity index (χ4v) is 4.50. The highest BCUT2D eigenvalue weighted by atomic mass is 35.5. The second-order valence-electron chi connectivity index (χ2n) is 8.61. The lowest BCUT2D eigenvalue weighted by atomic mass is 9.84. The summed E-state index contributed by atoms with van der Waals surface area (Å²) in [7, 11) is 0. The normalized spacial score (nSPS) is 16.0. The van der Waals surface area contributed by atoms with Crippen LogP contribution >= 0.6 is 12.4 Å². The molecule has 2 nitrogen and oxygen atoms in total. The van der Waals surface area contributed by atoms with Gasteiger partial charge in [0.05, 0.1) is 6.10 Å². The number of hydrogen-bond acceptors (Lipinski definition) is 2. The van der Waals surface area contributed by atoms with Crippen molar-refractivity contribution in [1.29, 1.82) is 0 Å². The number of ether oxygens (including phenoxy) is 1. The van der Waals surface area contributed by atoms with Gasteiger partial charge in [-0.3, -0.25) is 0 Å². The Morgan fingerprint density at radius 1 is 0.862 bits per heavy atom. The lowest BCUT2D eigenvalue weighted by Gasteiger charge is -2.27. The number of nitrogens with zero attached hydrogens (tertiary/aromatic N) is 1. The number of hydrogen-bond donors (Lipinski definition) is 0. The van der Waals surface area contributed by atoms with Crippen LogP contribution in [0.3, 0.4) is 0 Å². The predicted octanol–water partition coefficient (Wildman–Crippen LogP) is 7.92. The monoisotopic (exact) mass is 423 g/mol. The molecule has 1 aromatic carbocycles. The fourth-order valence-electron chi connectivity index (χ4n) is 4.50. The van der Waals surface area contributed by atoms with Gasteiger partial charge in [0, 0.05) is 13.2 Å². The molecule has 1 atom stereocenters. The van der Waals surface area contributed by atoms with Gasteiger partial charge in [0.1, 0.15) is 0 Å². The van der Waals surface area contributed by atoms with Gasteiger partial charge in [0.2, 0.25) is 0 Å². The molecule has 1 aliphatic rings. The van der Waals surface area contributed by atoms with Gasteiger partial charge in [-0.2, -0.15) is 0 Å². The van der Waals surface area contributed by atoms with E-state index in [1.165, 1.54) is 76.2 Å². The molecule has 0 aliphatic heterocycles. The molecule has 168 valence electrons. The van der Waals surface area contributed by atoms with E-state index in [0.717, 1.165) is 32.2 Å². The summed E-state index contributed by atoms with van der Waals surface area (Å²) in [6, 6.07) is 9.46. The molecule has 1 aliphatic carbocycles. The smallest absolute Gasteiger partial charge is 0.0951 e. The molecule has 0 aromatic heterocycles. The SMILES string of the molecule is CCCCCCCCOC(CN(CC)CC)c1ccc(C2CCCCC2)cc1.Cl. The first-order valence-electron chi connectivity index (χ1n) is 12.2. The molecule has 29 heavy (non-hydrogen) atoms. The Kier molecular flexibility index (Phi) is 14.8. The highest BCUT2D eigenvalue weighted by Crippen LogP contribution is 2.33. The average molecular weight is 424 g/mol. The molecule has 3 heteroatoms. The quantitative estimate of drug-likeness (QED) is 0.282. The third-order valence-electron chi connectivity index (χ3n) is 6.52. The fraction of sp³-hybridized carbons (Fsp3) is 0.769.